The number of amides is 2. The van der Waals surface area contributed by atoms with E-state index in [4.69, 9.17) is 0 Å². The van der Waals surface area contributed by atoms with Gasteiger partial charge in [-0.15, -0.1) is 11.3 Å². The average Bonchev–Trinajstić information content (AvgIpc) is 3.27. The van der Waals surface area contributed by atoms with Crippen LogP contribution in [0.4, 0.5) is 0 Å². The molecule has 1 aromatic carbocycles. The van der Waals surface area contributed by atoms with Crippen molar-refractivity contribution < 1.29 is 9.59 Å². The molecule has 0 unspecified atom stereocenters. The van der Waals surface area contributed by atoms with Crippen molar-refractivity contribution >= 4 is 23.2 Å². The van der Waals surface area contributed by atoms with Crippen LogP contribution in [-0.4, -0.2) is 34.7 Å². The van der Waals surface area contributed by atoms with Gasteiger partial charge >= 0.3 is 0 Å². The Morgan fingerprint density at radius 2 is 1.80 bits per heavy atom. The molecule has 1 aliphatic carbocycles. The maximum atomic E-state index is 12.9. The van der Waals surface area contributed by atoms with Gasteiger partial charge < -0.3 is 9.80 Å². The molecule has 5 heteroatoms. The molecular formula is C20H24N2O2S. The first-order chi connectivity index (χ1) is 12.1. The SMILES string of the molecule is CC(=O)N(CC(=O)N(Cc1ccccc1)Cc1cccs1)CC1CC1. The molecule has 2 aromatic rings. The number of rotatable bonds is 8. The molecule has 0 atom stereocenters. The largest absolute Gasteiger partial charge is 0.333 e. The summed E-state index contributed by atoms with van der Waals surface area (Å²) in [5.74, 6) is 0.570. The lowest BCUT2D eigenvalue weighted by Crippen LogP contribution is -2.42. The predicted octanol–water partition coefficient (Wildman–Crippen LogP) is 3.54. The van der Waals surface area contributed by atoms with Crippen LogP contribution in [0.3, 0.4) is 0 Å². The van der Waals surface area contributed by atoms with Crippen molar-refractivity contribution in [2.45, 2.75) is 32.9 Å². The molecule has 1 heterocycles. The van der Waals surface area contributed by atoms with Gasteiger partial charge in [-0.25, -0.2) is 0 Å². The predicted molar refractivity (Wildman–Crippen MR) is 100.0 cm³/mol. The lowest BCUT2D eigenvalue weighted by molar-refractivity contribution is -0.140. The Balaban J connectivity index is 1.69. The summed E-state index contributed by atoms with van der Waals surface area (Å²) in [7, 11) is 0. The quantitative estimate of drug-likeness (QED) is 0.726. The number of thiophene rings is 1. The van der Waals surface area contributed by atoms with Gasteiger partial charge in [0.25, 0.3) is 0 Å². The summed E-state index contributed by atoms with van der Waals surface area (Å²) in [5.41, 5.74) is 1.10. The molecule has 132 valence electrons. The van der Waals surface area contributed by atoms with Gasteiger partial charge in [-0.1, -0.05) is 36.4 Å². The minimum atomic E-state index is -0.0176. The third-order valence-electron chi connectivity index (χ3n) is 4.44. The number of carbonyl (C=O) groups is 2. The highest BCUT2D eigenvalue weighted by Gasteiger charge is 2.27. The Labute approximate surface area is 153 Å². The molecule has 3 rings (SSSR count). The summed E-state index contributed by atoms with van der Waals surface area (Å²) >= 11 is 1.65. The molecule has 1 fully saturated rings. The molecule has 4 nitrogen and oxygen atoms in total. The van der Waals surface area contributed by atoms with E-state index < -0.39 is 0 Å². The highest BCUT2D eigenvalue weighted by molar-refractivity contribution is 7.09. The fraction of sp³-hybridized carbons (Fsp3) is 0.400. The van der Waals surface area contributed by atoms with Gasteiger partial charge in [-0.05, 0) is 35.8 Å². The molecule has 0 bridgehead atoms. The van der Waals surface area contributed by atoms with Crippen molar-refractivity contribution in [1.82, 2.24) is 9.80 Å². The smallest absolute Gasteiger partial charge is 0.242 e. The molecule has 0 radical (unpaired) electrons. The van der Waals surface area contributed by atoms with Crippen LogP contribution in [0.25, 0.3) is 0 Å². The van der Waals surface area contributed by atoms with Gasteiger partial charge in [0.1, 0.15) is 0 Å². The first kappa shape index (κ1) is 17.7. The molecular weight excluding hydrogens is 332 g/mol. The van der Waals surface area contributed by atoms with E-state index in [9.17, 15) is 9.59 Å². The average molecular weight is 356 g/mol. The molecule has 0 N–H and O–H groups in total. The highest BCUT2D eigenvalue weighted by Crippen LogP contribution is 2.29. The van der Waals surface area contributed by atoms with E-state index in [1.54, 1.807) is 23.2 Å². The third kappa shape index (κ3) is 5.43. The highest BCUT2D eigenvalue weighted by atomic mass is 32.1. The second-order valence-electron chi connectivity index (χ2n) is 6.66. The molecule has 0 spiro atoms. The summed E-state index contributed by atoms with van der Waals surface area (Å²) in [6, 6.07) is 14.0. The van der Waals surface area contributed by atoms with Crippen LogP contribution in [0.1, 0.15) is 30.2 Å². The maximum absolute atomic E-state index is 12.9. The van der Waals surface area contributed by atoms with E-state index in [1.807, 2.05) is 52.7 Å². The Hall–Kier alpha value is -2.14. The molecule has 1 aliphatic rings. The van der Waals surface area contributed by atoms with E-state index in [-0.39, 0.29) is 18.4 Å². The standard InChI is InChI=1S/C20H24N2O2S/c1-16(23)21(12-18-9-10-18)15-20(24)22(14-19-8-5-11-25-19)13-17-6-3-2-4-7-17/h2-8,11,18H,9-10,12-15H2,1H3. The van der Waals surface area contributed by atoms with Gasteiger partial charge in [0.2, 0.25) is 11.8 Å². The Morgan fingerprint density at radius 1 is 1.04 bits per heavy atom. The number of hydrogen-bond donors (Lipinski definition) is 0. The molecule has 0 aliphatic heterocycles. The summed E-state index contributed by atoms with van der Waals surface area (Å²) in [4.78, 5) is 29.5. The Morgan fingerprint density at radius 3 is 2.40 bits per heavy atom. The first-order valence-electron chi connectivity index (χ1n) is 8.71. The van der Waals surface area contributed by atoms with E-state index in [0.29, 0.717) is 25.6 Å². The van der Waals surface area contributed by atoms with Crippen molar-refractivity contribution in [3.8, 4) is 0 Å². The number of hydrogen-bond acceptors (Lipinski definition) is 3. The lowest BCUT2D eigenvalue weighted by atomic mass is 10.2. The molecule has 1 aromatic heterocycles. The topological polar surface area (TPSA) is 40.6 Å². The van der Waals surface area contributed by atoms with Crippen LogP contribution in [0.2, 0.25) is 0 Å². The minimum Gasteiger partial charge on any atom is -0.333 e. The van der Waals surface area contributed by atoms with E-state index in [1.165, 1.54) is 12.8 Å². The Bertz CT molecular complexity index is 696. The fourth-order valence-electron chi connectivity index (χ4n) is 2.81. The monoisotopic (exact) mass is 356 g/mol. The van der Waals surface area contributed by atoms with Gasteiger partial charge in [0, 0.05) is 24.9 Å². The van der Waals surface area contributed by atoms with Gasteiger partial charge in [-0.3, -0.25) is 9.59 Å². The van der Waals surface area contributed by atoms with Crippen LogP contribution in [0.15, 0.2) is 47.8 Å². The molecule has 1 saturated carbocycles. The van der Waals surface area contributed by atoms with Crippen LogP contribution in [0.5, 0.6) is 0 Å². The summed E-state index contributed by atoms with van der Waals surface area (Å²) in [6.07, 6.45) is 2.34. The summed E-state index contributed by atoms with van der Waals surface area (Å²) in [5, 5.41) is 2.02. The normalized spacial score (nSPS) is 13.5. The van der Waals surface area contributed by atoms with Gasteiger partial charge in [0.15, 0.2) is 0 Å². The zero-order valence-corrected chi connectivity index (χ0v) is 15.4. The van der Waals surface area contributed by atoms with E-state index >= 15 is 0 Å². The zero-order valence-electron chi connectivity index (χ0n) is 14.6. The van der Waals surface area contributed by atoms with E-state index in [0.717, 1.165) is 10.4 Å². The van der Waals surface area contributed by atoms with Crippen molar-refractivity contribution in [1.29, 1.82) is 0 Å². The number of carbonyl (C=O) groups excluding carboxylic acids is 2. The van der Waals surface area contributed by atoms with Crippen LogP contribution < -0.4 is 0 Å². The third-order valence-corrected chi connectivity index (χ3v) is 5.30. The van der Waals surface area contributed by atoms with Crippen molar-refractivity contribution in [3.63, 3.8) is 0 Å². The Kier molecular flexibility index (Phi) is 5.87. The van der Waals surface area contributed by atoms with Crippen molar-refractivity contribution in [2.24, 2.45) is 5.92 Å². The van der Waals surface area contributed by atoms with E-state index in [2.05, 4.69) is 0 Å². The summed E-state index contributed by atoms with van der Waals surface area (Å²) < 4.78 is 0. The first-order valence-corrected chi connectivity index (χ1v) is 9.59. The molecule has 0 saturated heterocycles. The zero-order chi connectivity index (χ0) is 17.6. The maximum Gasteiger partial charge on any atom is 0.242 e. The van der Waals surface area contributed by atoms with Gasteiger partial charge in [-0.2, -0.15) is 0 Å². The minimum absolute atomic E-state index is 0.00750. The van der Waals surface area contributed by atoms with Crippen LogP contribution in [-0.2, 0) is 22.7 Å². The second-order valence-corrected chi connectivity index (χ2v) is 7.69. The van der Waals surface area contributed by atoms with Crippen LogP contribution in [0, 0.1) is 5.92 Å². The second kappa shape index (κ2) is 8.30. The number of nitrogens with zero attached hydrogens (tertiary/aromatic N) is 2. The number of benzene rings is 1. The van der Waals surface area contributed by atoms with Crippen molar-refractivity contribution in [2.75, 3.05) is 13.1 Å². The van der Waals surface area contributed by atoms with Crippen LogP contribution >= 0.6 is 11.3 Å². The molecule has 2 amide bonds. The molecule has 25 heavy (non-hydrogen) atoms. The van der Waals surface area contributed by atoms with Crippen molar-refractivity contribution in [3.05, 3.63) is 58.3 Å². The fourth-order valence-corrected chi connectivity index (χ4v) is 3.53. The van der Waals surface area contributed by atoms with Gasteiger partial charge in [0.05, 0.1) is 13.1 Å². The lowest BCUT2D eigenvalue weighted by Gasteiger charge is -2.27. The summed E-state index contributed by atoms with van der Waals surface area (Å²) in [6.45, 7) is 3.58.